The van der Waals surface area contributed by atoms with E-state index >= 15 is 0 Å². The first-order chi connectivity index (χ1) is 33.5. The summed E-state index contributed by atoms with van der Waals surface area (Å²) in [4.78, 5) is 23.1. The Kier molecular flexibility index (Phi) is 51.5. The largest absolute Gasteiger partial charge is 0.472 e. The summed E-state index contributed by atoms with van der Waals surface area (Å²) in [6.07, 6.45) is 65.1. The van der Waals surface area contributed by atoms with Crippen LogP contribution in [0.1, 0.15) is 316 Å². The monoisotopic (exact) mass is 998 g/mol. The molecule has 3 N–H and O–H groups in total. The van der Waals surface area contributed by atoms with Crippen LogP contribution in [0.15, 0.2) is 12.2 Å². The molecule has 0 saturated carbocycles. The number of nitrogens with zero attached hydrogens (tertiary/aromatic N) is 1. The lowest BCUT2D eigenvalue weighted by molar-refractivity contribution is -0.870. The summed E-state index contributed by atoms with van der Waals surface area (Å²) >= 11 is 0. The smallest absolute Gasteiger partial charge is 0.391 e. The number of aliphatic hydroxyl groups is 1. The third-order valence-corrected chi connectivity index (χ3v) is 15.2. The van der Waals surface area contributed by atoms with Gasteiger partial charge in [0.05, 0.1) is 39.9 Å². The van der Waals surface area contributed by atoms with Crippen LogP contribution in [0.25, 0.3) is 0 Å². The fraction of sp³-hybridized carbons (Fsp3) is 0.950. The van der Waals surface area contributed by atoms with Gasteiger partial charge in [0.15, 0.2) is 0 Å². The van der Waals surface area contributed by atoms with Crippen molar-refractivity contribution in [1.29, 1.82) is 0 Å². The van der Waals surface area contributed by atoms with E-state index in [1.807, 2.05) is 21.1 Å². The minimum Gasteiger partial charge on any atom is -0.391 e. The van der Waals surface area contributed by atoms with Gasteiger partial charge in [0.2, 0.25) is 5.91 Å². The third kappa shape index (κ3) is 54.8. The molecule has 3 unspecified atom stereocenters. The molecule has 69 heavy (non-hydrogen) atoms. The second-order valence-electron chi connectivity index (χ2n) is 22.4. The summed E-state index contributed by atoms with van der Waals surface area (Å²) in [6.45, 7) is 4.85. The van der Waals surface area contributed by atoms with Crippen molar-refractivity contribution in [3.05, 3.63) is 12.2 Å². The number of carbonyl (C=O) groups excluding carboxylic acids is 1. The van der Waals surface area contributed by atoms with Gasteiger partial charge in [-0.1, -0.05) is 283 Å². The van der Waals surface area contributed by atoms with E-state index in [-0.39, 0.29) is 19.1 Å². The number of unbranched alkanes of at least 4 members (excludes halogenated alkanes) is 42. The van der Waals surface area contributed by atoms with Gasteiger partial charge in [0.1, 0.15) is 13.2 Å². The number of quaternary nitrogens is 1. The molecule has 0 aromatic heterocycles. The first kappa shape index (κ1) is 68.2. The van der Waals surface area contributed by atoms with Crippen LogP contribution in [0, 0.1) is 0 Å². The van der Waals surface area contributed by atoms with Crippen LogP contribution in [-0.2, 0) is 18.4 Å². The molecule has 0 saturated heterocycles. The Morgan fingerprint density at radius 3 is 1.12 bits per heavy atom. The molecule has 3 atom stereocenters. The van der Waals surface area contributed by atoms with Gasteiger partial charge >= 0.3 is 7.82 Å². The Morgan fingerprint density at radius 1 is 0.478 bits per heavy atom. The maximum atomic E-state index is 12.9. The molecule has 0 radical (unpaired) electrons. The number of hydrogen-bond donors (Lipinski definition) is 3. The average Bonchev–Trinajstić information content (AvgIpc) is 3.31. The number of likely N-dealkylation sites (N-methyl/N-ethyl adjacent to an activating group) is 1. The van der Waals surface area contributed by atoms with Crippen LogP contribution in [0.4, 0.5) is 0 Å². The molecule has 0 spiro atoms. The molecule has 1 amide bonds. The van der Waals surface area contributed by atoms with E-state index in [1.54, 1.807) is 0 Å². The van der Waals surface area contributed by atoms with Crippen molar-refractivity contribution in [3.63, 3.8) is 0 Å². The standard InChI is InChI=1S/C60H121N2O6P/c1-6-8-10-12-14-15-16-17-18-19-20-21-22-23-24-25-26-27-28-29-30-31-32-33-34-35-36-37-38-39-40-41-42-43-44-45-46-47-48-50-52-54-60(64)61-58(59(63)53-51-49-13-11-9-7-2)57-68-69(65,66)67-56-55-62(3,4)5/h19-20,58-59,63H,6-18,21-57H2,1-5H3,(H-,61,64,65,66)/p+1/b20-19-. The number of hydrogen-bond acceptors (Lipinski definition) is 5. The average molecular weight is 999 g/mol. The number of carbonyl (C=O) groups is 1. The molecular formula is C60H122N2O6P+. The number of aliphatic hydroxyl groups excluding tert-OH is 1. The maximum Gasteiger partial charge on any atom is 0.472 e. The summed E-state index contributed by atoms with van der Waals surface area (Å²) < 4.78 is 23.6. The van der Waals surface area contributed by atoms with E-state index in [0.717, 1.165) is 38.5 Å². The van der Waals surface area contributed by atoms with Crippen molar-refractivity contribution in [2.75, 3.05) is 40.9 Å². The lowest BCUT2D eigenvalue weighted by Crippen LogP contribution is -2.46. The fourth-order valence-electron chi connectivity index (χ4n) is 9.46. The highest BCUT2D eigenvalue weighted by Gasteiger charge is 2.28. The van der Waals surface area contributed by atoms with Crippen LogP contribution in [0.2, 0.25) is 0 Å². The van der Waals surface area contributed by atoms with Crippen LogP contribution in [0.3, 0.4) is 0 Å². The first-order valence-electron chi connectivity index (χ1n) is 30.6. The van der Waals surface area contributed by atoms with Crippen LogP contribution >= 0.6 is 7.82 Å². The first-order valence-corrected chi connectivity index (χ1v) is 32.0. The summed E-state index contributed by atoms with van der Waals surface area (Å²) in [7, 11) is 1.63. The van der Waals surface area contributed by atoms with Gasteiger partial charge in [-0.25, -0.2) is 4.57 Å². The molecule has 0 aliphatic carbocycles. The summed E-state index contributed by atoms with van der Waals surface area (Å²) in [5.41, 5.74) is 0. The van der Waals surface area contributed by atoms with Gasteiger partial charge < -0.3 is 19.8 Å². The molecule has 0 heterocycles. The Hall–Kier alpha value is -0.760. The number of amides is 1. The molecule has 0 fully saturated rings. The van der Waals surface area contributed by atoms with Crippen molar-refractivity contribution >= 4 is 13.7 Å². The second kappa shape index (κ2) is 52.1. The van der Waals surface area contributed by atoms with Gasteiger partial charge in [-0.15, -0.1) is 0 Å². The van der Waals surface area contributed by atoms with Crippen LogP contribution in [0.5, 0.6) is 0 Å². The number of rotatable bonds is 57. The quantitative estimate of drug-likeness (QED) is 0.0243. The number of phosphoric ester groups is 1. The zero-order valence-corrected chi connectivity index (χ0v) is 48.0. The number of phosphoric acid groups is 1. The van der Waals surface area contributed by atoms with Crippen molar-refractivity contribution < 1.29 is 32.9 Å². The highest BCUT2D eigenvalue weighted by molar-refractivity contribution is 7.47. The zero-order chi connectivity index (χ0) is 50.6. The van der Waals surface area contributed by atoms with Gasteiger partial charge in [0.25, 0.3) is 0 Å². The molecule has 0 aliphatic heterocycles. The molecule has 0 rings (SSSR count). The lowest BCUT2D eigenvalue weighted by atomic mass is 10.0. The summed E-state index contributed by atoms with van der Waals surface area (Å²) in [5, 5.41) is 13.8. The minimum atomic E-state index is -4.30. The molecule has 8 nitrogen and oxygen atoms in total. The van der Waals surface area contributed by atoms with Crippen LogP contribution in [-0.4, -0.2) is 73.4 Å². The third-order valence-electron chi connectivity index (χ3n) is 14.3. The van der Waals surface area contributed by atoms with Crippen molar-refractivity contribution in [2.45, 2.75) is 328 Å². The van der Waals surface area contributed by atoms with Crippen molar-refractivity contribution in [2.24, 2.45) is 0 Å². The van der Waals surface area contributed by atoms with Gasteiger partial charge in [-0.3, -0.25) is 13.8 Å². The fourth-order valence-corrected chi connectivity index (χ4v) is 10.2. The Balaban J connectivity index is 3.63. The SMILES string of the molecule is CCCCCCCCCC/C=C\CCCCCCCCCCCCCCCCCCCCCCCCCCCCCCCC(=O)NC(COP(=O)(O)OCC[N+](C)(C)C)C(O)CCCCCCCC. The Morgan fingerprint density at radius 2 is 0.783 bits per heavy atom. The highest BCUT2D eigenvalue weighted by atomic mass is 31.2. The van der Waals surface area contributed by atoms with Gasteiger partial charge in [-0.2, -0.15) is 0 Å². The minimum absolute atomic E-state index is 0.0772. The van der Waals surface area contributed by atoms with E-state index in [9.17, 15) is 19.4 Å². The van der Waals surface area contributed by atoms with Crippen LogP contribution < -0.4 is 5.32 Å². The van der Waals surface area contributed by atoms with Crippen molar-refractivity contribution in [1.82, 2.24) is 5.32 Å². The second-order valence-corrected chi connectivity index (χ2v) is 23.9. The molecule has 0 aromatic rings. The predicted molar refractivity (Wildman–Crippen MR) is 300 cm³/mol. The van der Waals surface area contributed by atoms with Crippen molar-refractivity contribution in [3.8, 4) is 0 Å². The molecule has 9 heteroatoms. The Bertz CT molecular complexity index is 1130. The molecule has 412 valence electrons. The lowest BCUT2D eigenvalue weighted by Gasteiger charge is -2.26. The predicted octanol–water partition coefficient (Wildman–Crippen LogP) is 18.6. The number of nitrogens with one attached hydrogen (secondary N) is 1. The highest BCUT2D eigenvalue weighted by Crippen LogP contribution is 2.43. The Labute approximate surface area is 431 Å². The molecular weight excluding hydrogens is 876 g/mol. The molecule has 0 aliphatic rings. The van der Waals surface area contributed by atoms with Gasteiger partial charge in [-0.05, 0) is 38.5 Å². The topological polar surface area (TPSA) is 105 Å². The zero-order valence-electron chi connectivity index (χ0n) is 47.1. The maximum absolute atomic E-state index is 12.9. The van der Waals surface area contributed by atoms with E-state index in [2.05, 4.69) is 31.3 Å². The van der Waals surface area contributed by atoms with E-state index in [1.165, 1.54) is 250 Å². The van der Waals surface area contributed by atoms with E-state index < -0.39 is 20.0 Å². The van der Waals surface area contributed by atoms with E-state index in [4.69, 9.17) is 9.05 Å². The number of allylic oxidation sites excluding steroid dienone is 2. The summed E-state index contributed by atoms with van der Waals surface area (Å²) in [6, 6.07) is -0.753. The summed E-state index contributed by atoms with van der Waals surface area (Å²) in [5.74, 6) is -0.143. The van der Waals surface area contributed by atoms with Gasteiger partial charge in [0, 0.05) is 6.42 Å². The molecule has 0 bridgehead atoms. The van der Waals surface area contributed by atoms with E-state index in [0.29, 0.717) is 23.9 Å². The normalized spacial score (nSPS) is 13.9. The molecule has 0 aromatic carbocycles.